The number of nitrogens with zero attached hydrogens (tertiary/aromatic N) is 2. The fourth-order valence-electron chi connectivity index (χ4n) is 3.24. The predicted octanol–water partition coefficient (Wildman–Crippen LogP) is 2.40. The molecular weight excluding hydrogens is 256 g/mol. The Morgan fingerprint density at radius 1 is 1.30 bits per heavy atom. The second-order valence-corrected chi connectivity index (χ2v) is 5.61. The summed E-state index contributed by atoms with van der Waals surface area (Å²) in [6.07, 6.45) is 4.48. The molecule has 20 heavy (non-hydrogen) atoms. The summed E-state index contributed by atoms with van der Waals surface area (Å²) in [4.78, 5) is 4.50. The van der Waals surface area contributed by atoms with Gasteiger partial charge in [0.25, 0.3) is 0 Å². The van der Waals surface area contributed by atoms with Crippen LogP contribution in [0.15, 0.2) is 28.8 Å². The van der Waals surface area contributed by atoms with Gasteiger partial charge in [0.2, 0.25) is 5.89 Å². The van der Waals surface area contributed by atoms with E-state index in [9.17, 15) is 5.11 Å². The molecule has 0 spiro atoms. The molecule has 2 bridgehead atoms. The molecule has 0 saturated carbocycles. The van der Waals surface area contributed by atoms with E-state index >= 15 is 0 Å². The van der Waals surface area contributed by atoms with Gasteiger partial charge in [-0.25, -0.2) is 0 Å². The number of ether oxygens (including phenoxy) is 1. The second kappa shape index (κ2) is 4.59. The van der Waals surface area contributed by atoms with Gasteiger partial charge in [-0.3, -0.25) is 0 Å². The van der Waals surface area contributed by atoms with Gasteiger partial charge in [0.05, 0.1) is 24.5 Å². The Hall–Kier alpha value is -1.88. The lowest BCUT2D eigenvalue weighted by Crippen LogP contribution is -2.15. The summed E-state index contributed by atoms with van der Waals surface area (Å²) in [6.45, 7) is 0. The van der Waals surface area contributed by atoms with Gasteiger partial charge in [-0.05, 0) is 37.0 Å². The highest BCUT2D eigenvalue weighted by molar-refractivity contribution is 5.28. The molecule has 5 nitrogen and oxygen atoms in total. The van der Waals surface area contributed by atoms with Crippen molar-refractivity contribution in [1.29, 1.82) is 0 Å². The van der Waals surface area contributed by atoms with Gasteiger partial charge in [-0.15, -0.1) is 0 Å². The molecule has 0 amide bonds. The van der Waals surface area contributed by atoms with Crippen LogP contribution in [0.2, 0.25) is 0 Å². The van der Waals surface area contributed by atoms with Gasteiger partial charge in [0.15, 0.2) is 5.82 Å². The molecule has 5 heteroatoms. The SMILES string of the molecule is Oc1cccc(Cc2nc(C3CC4CCC3O4)no2)c1. The zero-order valence-corrected chi connectivity index (χ0v) is 11.0. The van der Waals surface area contributed by atoms with Gasteiger partial charge in [0.1, 0.15) is 5.75 Å². The molecule has 3 atom stereocenters. The number of phenols is 1. The van der Waals surface area contributed by atoms with Crippen molar-refractivity contribution in [2.75, 3.05) is 0 Å². The topological polar surface area (TPSA) is 68.4 Å². The van der Waals surface area contributed by atoms with Crippen LogP contribution in [0.4, 0.5) is 0 Å². The van der Waals surface area contributed by atoms with Gasteiger partial charge >= 0.3 is 0 Å². The number of hydrogen-bond donors (Lipinski definition) is 1. The molecule has 3 unspecified atom stereocenters. The summed E-state index contributed by atoms with van der Waals surface area (Å²) >= 11 is 0. The van der Waals surface area contributed by atoms with Crippen molar-refractivity contribution in [3.63, 3.8) is 0 Å². The van der Waals surface area contributed by atoms with Crippen LogP contribution in [-0.2, 0) is 11.2 Å². The van der Waals surface area contributed by atoms with Crippen molar-refractivity contribution in [2.24, 2.45) is 0 Å². The quantitative estimate of drug-likeness (QED) is 0.929. The highest BCUT2D eigenvalue weighted by Crippen LogP contribution is 2.43. The molecule has 104 valence electrons. The van der Waals surface area contributed by atoms with Crippen LogP contribution in [0.3, 0.4) is 0 Å². The van der Waals surface area contributed by atoms with Crippen molar-refractivity contribution in [3.05, 3.63) is 41.5 Å². The number of hydrogen-bond acceptors (Lipinski definition) is 5. The van der Waals surface area contributed by atoms with Crippen molar-refractivity contribution >= 4 is 0 Å². The number of benzene rings is 1. The summed E-state index contributed by atoms with van der Waals surface area (Å²) in [5.74, 6) is 1.90. The summed E-state index contributed by atoms with van der Waals surface area (Å²) < 4.78 is 11.2. The first-order valence-corrected chi connectivity index (χ1v) is 7.04. The molecule has 0 aliphatic carbocycles. The van der Waals surface area contributed by atoms with Crippen LogP contribution in [-0.4, -0.2) is 27.5 Å². The molecule has 3 heterocycles. The molecule has 2 aliphatic rings. The van der Waals surface area contributed by atoms with Crippen LogP contribution < -0.4 is 0 Å². The minimum absolute atomic E-state index is 0.253. The van der Waals surface area contributed by atoms with Crippen molar-refractivity contribution in [1.82, 2.24) is 10.1 Å². The lowest BCUT2D eigenvalue weighted by Gasteiger charge is -2.13. The van der Waals surface area contributed by atoms with Crippen LogP contribution in [0, 0.1) is 0 Å². The molecule has 4 rings (SSSR count). The molecule has 2 saturated heterocycles. The van der Waals surface area contributed by atoms with Crippen LogP contribution in [0.25, 0.3) is 0 Å². The Morgan fingerprint density at radius 2 is 2.25 bits per heavy atom. The molecule has 1 aromatic heterocycles. The maximum absolute atomic E-state index is 9.46. The highest BCUT2D eigenvalue weighted by Gasteiger charge is 2.43. The second-order valence-electron chi connectivity index (χ2n) is 5.61. The van der Waals surface area contributed by atoms with Crippen LogP contribution in [0.5, 0.6) is 5.75 Å². The fourth-order valence-corrected chi connectivity index (χ4v) is 3.24. The third kappa shape index (κ3) is 2.08. The number of aromatic nitrogens is 2. The lowest BCUT2D eigenvalue weighted by atomic mass is 9.89. The Bertz CT molecular complexity index is 625. The van der Waals surface area contributed by atoms with Crippen molar-refractivity contribution in [2.45, 2.75) is 43.8 Å². The van der Waals surface area contributed by atoms with Gasteiger partial charge < -0.3 is 14.4 Å². The van der Waals surface area contributed by atoms with E-state index in [0.717, 1.165) is 30.7 Å². The lowest BCUT2D eigenvalue weighted by molar-refractivity contribution is 0.0996. The van der Waals surface area contributed by atoms with Crippen LogP contribution in [0.1, 0.15) is 42.5 Å². The molecule has 0 radical (unpaired) electrons. The molecule has 1 N–H and O–H groups in total. The van der Waals surface area contributed by atoms with Crippen molar-refractivity contribution < 1.29 is 14.4 Å². The van der Waals surface area contributed by atoms with Gasteiger partial charge in [-0.2, -0.15) is 4.98 Å². The van der Waals surface area contributed by atoms with E-state index in [-0.39, 0.29) is 17.8 Å². The van der Waals surface area contributed by atoms with E-state index in [1.54, 1.807) is 12.1 Å². The van der Waals surface area contributed by atoms with E-state index in [1.165, 1.54) is 0 Å². The summed E-state index contributed by atoms with van der Waals surface area (Å²) in [7, 11) is 0. The minimum Gasteiger partial charge on any atom is -0.508 e. The molecule has 2 aromatic rings. The fraction of sp³-hybridized carbons (Fsp3) is 0.467. The minimum atomic E-state index is 0.253. The Morgan fingerprint density at radius 3 is 3.00 bits per heavy atom. The highest BCUT2D eigenvalue weighted by atomic mass is 16.5. The predicted molar refractivity (Wildman–Crippen MR) is 70.5 cm³/mol. The normalized spacial score (nSPS) is 28.1. The smallest absolute Gasteiger partial charge is 0.231 e. The Balaban J connectivity index is 1.51. The Kier molecular flexibility index (Phi) is 2.73. The van der Waals surface area contributed by atoms with E-state index in [4.69, 9.17) is 9.26 Å². The first-order chi connectivity index (χ1) is 9.78. The summed E-state index contributed by atoms with van der Waals surface area (Å²) in [5, 5.41) is 13.6. The average molecular weight is 272 g/mol. The van der Waals surface area contributed by atoms with Crippen LogP contribution >= 0.6 is 0 Å². The van der Waals surface area contributed by atoms with Crippen molar-refractivity contribution in [3.8, 4) is 5.75 Å². The zero-order valence-electron chi connectivity index (χ0n) is 11.0. The number of rotatable bonds is 3. The first-order valence-electron chi connectivity index (χ1n) is 7.04. The zero-order chi connectivity index (χ0) is 13.5. The van der Waals surface area contributed by atoms with E-state index in [2.05, 4.69) is 10.1 Å². The molecular formula is C15H16N2O3. The number of fused-ring (bicyclic) bond motifs is 2. The molecule has 1 aromatic carbocycles. The van der Waals surface area contributed by atoms with E-state index in [0.29, 0.717) is 18.4 Å². The van der Waals surface area contributed by atoms with E-state index in [1.807, 2.05) is 12.1 Å². The van der Waals surface area contributed by atoms with Gasteiger partial charge in [-0.1, -0.05) is 17.3 Å². The van der Waals surface area contributed by atoms with E-state index < -0.39 is 0 Å². The molecule has 2 aliphatic heterocycles. The van der Waals surface area contributed by atoms with Gasteiger partial charge in [0, 0.05) is 0 Å². The maximum atomic E-state index is 9.46. The Labute approximate surface area is 116 Å². The third-order valence-electron chi connectivity index (χ3n) is 4.19. The summed E-state index contributed by atoms with van der Waals surface area (Å²) in [6, 6.07) is 7.11. The standard InChI is InChI=1S/C15H16N2O3/c18-10-3-1-2-9(6-10)7-14-16-15(17-20-14)12-8-11-4-5-13(12)19-11/h1-3,6,11-13,18H,4-5,7-8H2. The largest absolute Gasteiger partial charge is 0.508 e. The maximum Gasteiger partial charge on any atom is 0.231 e. The number of phenolic OH excluding ortho intramolecular Hbond substituents is 1. The third-order valence-corrected chi connectivity index (χ3v) is 4.19. The number of aromatic hydroxyl groups is 1. The first kappa shape index (κ1) is 11.9. The molecule has 2 fully saturated rings. The summed E-state index contributed by atoms with van der Waals surface area (Å²) in [5.41, 5.74) is 0.962. The average Bonchev–Trinajstić information content (AvgIpc) is 3.13. The monoisotopic (exact) mass is 272 g/mol.